The number of esters is 1. The number of hydrogen-bond acceptors (Lipinski definition) is 4. The minimum absolute atomic E-state index is 0.109. The van der Waals surface area contributed by atoms with E-state index in [2.05, 4.69) is 10.6 Å². The van der Waals surface area contributed by atoms with E-state index in [9.17, 15) is 14.4 Å². The molecule has 6 nitrogen and oxygen atoms in total. The summed E-state index contributed by atoms with van der Waals surface area (Å²) in [5.41, 5.74) is 2.03. The number of amides is 2. The van der Waals surface area contributed by atoms with Crippen LogP contribution in [0.2, 0.25) is 10.0 Å². The van der Waals surface area contributed by atoms with Gasteiger partial charge in [-0.1, -0.05) is 48.3 Å². The number of carbonyl (C=O) groups excluding carboxylic acids is 3. The monoisotopic (exact) mass is 422 g/mol. The topological polar surface area (TPSA) is 84.5 Å². The van der Waals surface area contributed by atoms with Crippen molar-refractivity contribution in [2.75, 3.05) is 17.2 Å². The average Bonchev–Trinajstić information content (AvgIpc) is 2.68. The Morgan fingerprint density at radius 2 is 1.64 bits per heavy atom. The highest BCUT2D eigenvalue weighted by Crippen LogP contribution is 2.25. The lowest BCUT2D eigenvalue weighted by Crippen LogP contribution is -2.22. The lowest BCUT2D eigenvalue weighted by molar-refractivity contribution is -0.147. The molecule has 0 bridgehead atoms. The van der Waals surface area contributed by atoms with Crippen LogP contribution >= 0.6 is 23.2 Å². The molecular weight excluding hydrogens is 403 g/mol. The lowest BCUT2D eigenvalue weighted by atomic mass is 10.1. The first-order chi connectivity index (χ1) is 13.4. The van der Waals surface area contributed by atoms with Gasteiger partial charge in [0.15, 0.2) is 6.61 Å². The summed E-state index contributed by atoms with van der Waals surface area (Å²) in [6.45, 7) is 1.56. The number of halogens is 2. The first-order valence-corrected chi connectivity index (χ1v) is 9.43. The number of carbonyl (C=O) groups is 3. The standard InChI is InChI=1S/C20H20Cl2N2O4/c1-2-13-5-3-4-6-16(13)23-19(26)12-28-20(27)10-9-18(25)24-17-11-14(21)7-8-15(17)22/h3-8,11H,2,9-10,12H2,1H3,(H,23,26)(H,24,25). The summed E-state index contributed by atoms with van der Waals surface area (Å²) in [6.07, 6.45) is 0.493. The zero-order valence-corrected chi connectivity index (χ0v) is 16.8. The van der Waals surface area contributed by atoms with Crippen molar-refractivity contribution in [2.24, 2.45) is 0 Å². The fourth-order valence-electron chi connectivity index (χ4n) is 2.38. The molecule has 0 aromatic heterocycles. The molecule has 2 aromatic rings. The second-order valence-electron chi connectivity index (χ2n) is 5.89. The molecule has 0 saturated carbocycles. The Hall–Kier alpha value is -2.57. The zero-order valence-electron chi connectivity index (χ0n) is 15.3. The third-order valence-corrected chi connectivity index (χ3v) is 4.36. The van der Waals surface area contributed by atoms with Gasteiger partial charge >= 0.3 is 5.97 Å². The second kappa shape index (κ2) is 10.7. The summed E-state index contributed by atoms with van der Waals surface area (Å²) in [6, 6.07) is 12.1. The molecule has 148 valence electrons. The van der Waals surface area contributed by atoms with Crippen LogP contribution in [0.25, 0.3) is 0 Å². The molecule has 0 aliphatic heterocycles. The van der Waals surface area contributed by atoms with Gasteiger partial charge in [0.2, 0.25) is 5.91 Å². The van der Waals surface area contributed by atoms with Gasteiger partial charge in [-0.3, -0.25) is 14.4 Å². The Labute approximate surface area is 173 Å². The maximum atomic E-state index is 11.9. The molecular formula is C20H20Cl2N2O4. The third-order valence-electron chi connectivity index (χ3n) is 3.80. The summed E-state index contributed by atoms with van der Waals surface area (Å²) < 4.78 is 4.91. The quantitative estimate of drug-likeness (QED) is 0.615. The fourth-order valence-corrected chi connectivity index (χ4v) is 2.71. The van der Waals surface area contributed by atoms with Gasteiger partial charge in [0.05, 0.1) is 17.1 Å². The molecule has 28 heavy (non-hydrogen) atoms. The van der Waals surface area contributed by atoms with Gasteiger partial charge in [0.1, 0.15) is 0 Å². The molecule has 0 aliphatic carbocycles. The van der Waals surface area contributed by atoms with E-state index in [0.717, 1.165) is 12.0 Å². The van der Waals surface area contributed by atoms with Gasteiger partial charge in [-0.25, -0.2) is 0 Å². The van der Waals surface area contributed by atoms with Gasteiger partial charge in [-0.2, -0.15) is 0 Å². The van der Waals surface area contributed by atoms with Gasteiger partial charge in [0, 0.05) is 17.1 Å². The number of nitrogens with one attached hydrogen (secondary N) is 2. The van der Waals surface area contributed by atoms with Crippen LogP contribution in [0.5, 0.6) is 0 Å². The highest BCUT2D eigenvalue weighted by molar-refractivity contribution is 6.35. The average molecular weight is 423 g/mol. The van der Waals surface area contributed by atoms with E-state index in [-0.39, 0.29) is 12.8 Å². The largest absolute Gasteiger partial charge is 0.456 e. The predicted octanol–water partition coefficient (Wildman–Crippen LogP) is 4.46. The molecule has 2 amide bonds. The molecule has 8 heteroatoms. The van der Waals surface area contributed by atoms with E-state index < -0.39 is 24.4 Å². The minimum atomic E-state index is -0.647. The first kappa shape index (κ1) is 21.7. The number of ether oxygens (including phenoxy) is 1. The Balaban J connectivity index is 1.74. The summed E-state index contributed by atoms with van der Waals surface area (Å²) in [5, 5.41) is 6.04. The van der Waals surface area contributed by atoms with Crippen molar-refractivity contribution in [2.45, 2.75) is 26.2 Å². The van der Waals surface area contributed by atoms with Gasteiger partial charge in [-0.15, -0.1) is 0 Å². The number of anilines is 2. The number of benzene rings is 2. The van der Waals surface area contributed by atoms with E-state index in [0.29, 0.717) is 21.4 Å². The van der Waals surface area contributed by atoms with Crippen LogP contribution in [0.4, 0.5) is 11.4 Å². The Kier molecular flexibility index (Phi) is 8.29. The number of hydrogen-bond donors (Lipinski definition) is 2. The molecule has 0 aliphatic rings. The predicted molar refractivity (Wildman–Crippen MR) is 110 cm³/mol. The van der Waals surface area contributed by atoms with Crippen molar-refractivity contribution in [3.8, 4) is 0 Å². The van der Waals surface area contributed by atoms with E-state index in [1.54, 1.807) is 18.2 Å². The molecule has 0 atom stereocenters. The van der Waals surface area contributed by atoms with Crippen molar-refractivity contribution >= 4 is 52.4 Å². The van der Waals surface area contributed by atoms with Crippen LogP contribution < -0.4 is 10.6 Å². The van der Waals surface area contributed by atoms with Crippen molar-refractivity contribution in [1.82, 2.24) is 0 Å². The number of para-hydroxylation sites is 1. The van der Waals surface area contributed by atoms with Crippen LogP contribution in [0.1, 0.15) is 25.3 Å². The molecule has 2 rings (SSSR count). The highest BCUT2D eigenvalue weighted by Gasteiger charge is 2.13. The van der Waals surface area contributed by atoms with Crippen molar-refractivity contribution in [1.29, 1.82) is 0 Å². The Morgan fingerprint density at radius 1 is 0.929 bits per heavy atom. The van der Waals surface area contributed by atoms with Crippen molar-refractivity contribution in [3.63, 3.8) is 0 Å². The zero-order chi connectivity index (χ0) is 20.5. The Bertz CT molecular complexity index is 871. The smallest absolute Gasteiger partial charge is 0.306 e. The number of rotatable bonds is 8. The summed E-state index contributed by atoms with van der Waals surface area (Å²) >= 11 is 11.8. The normalized spacial score (nSPS) is 10.2. The van der Waals surface area contributed by atoms with Crippen LogP contribution in [0.15, 0.2) is 42.5 Å². The maximum absolute atomic E-state index is 11.9. The third kappa shape index (κ3) is 6.87. The minimum Gasteiger partial charge on any atom is -0.456 e. The van der Waals surface area contributed by atoms with Crippen LogP contribution in [-0.4, -0.2) is 24.4 Å². The molecule has 2 N–H and O–H groups in total. The van der Waals surface area contributed by atoms with E-state index in [4.69, 9.17) is 27.9 Å². The maximum Gasteiger partial charge on any atom is 0.306 e. The summed E-state index contributed by atoms with van der Waals surface area (Å²) in [5.74, 6) is -1.50. The van der Waals surface area contributed by atoms with E-state index in [1.807, 2.05) is 25.1 Å². The summed E-state index contributed by atoms with van der Waals surface area (Å²) in [7, 11) is 0. The van der Waals surface area contributed by atoms with Gasteiger partial charge < -0.3 is 15.4 Å². The molecule has 0 unspecified atom stereocenters. The second-order valence-corrected chi connectivity index (χ2v) is 6.74. The molecule has 0 fully saturated rings. The molecule has 0 heterocycles. The molecule has 2 aromatic carbocycles. The molecule has 0 spiro atoms. The van der Waals surface area contributed by atoms with E-state index >= 15 is 0 Å². The van der Waals surface area contributed by atoms with Gasteiger partial charge in [0.25, 0.3) is 5.91 Å². The fraction of sp³-hybridized carbons (Fsp3) is 0.250. The SMILES string of the molecule is CCc1ccccc1NC(=O)COC(=O)CCC(=O)Nc1cc(Cl)ccc1Cl. The molecule has 0 saturated heterocycles. The van der Waals surface area contributed by atoms with E-state index in [1.165, 1.54) is 6.07 Å². The van der Waals surface area contributed by atoms with Crippen LogP contribution in [0.3, 0.4) is 0 Å². The highest BCUT2D eigenvalue weighted by atomic mass is 35.5. The Morgan fingerprint density at radius 3 is 2.39 bits per heavy atom. The van der Waals surface area contributed by atoms with Crippen LogP contribution in [0, 0.1) is 0 Å². The first-order valence-electron chi connectivity index (χ1n) is 8.67. The van der Waals surface area contributed by atoms with Gasteiger partial charge in [-0.05, 0) is 36.2 Å². The lowest BCUT2D eigenvalue weighted by Gasteiger charge is -2.10. The number of aryl methyl sites for hydroxylation is 1. The summed E-state index contributed by atoms with van der Waals surface area (Å²) in [4.78, 5) is 35.6. The van der Waals surface area contributed by atoms with Crippen molar-refractivity contribution in [3.05, 3.63) is 58.1 Å². The molecule has 0 radical (unpaired) electrons. The van der Waals surface area contributed by atoms with Crippen molar-refractivity contribution < 1.29 is 19.1 Å². The van der Waals surface area contributed by atoms with Crippen LogP contribution in [-0.2, 0) is 25.5 Å².